The maximum atomic E-state index is 13.0. The monoisotopic (exact) mass is 622 g/mol. The van der Waals surface area contributed by atoms with Gasteiger partial charge in [0.15, 0.2) is 11.6 Å². The molecule has 10 heteroatoms. The van der Waals surface area contributed by atoms with Crippen molar-refractivity contribution in [1.82, 2.24) is 7.94 Å². The lowest BCUT2D eigenvalue weighted by molar-refractivity contribution is 0.0988. The Morgan fingerprint density at radius 3 is 1.16 bits per heavy atom. The molecule has 0 amide bonds. The van der Waals surface area contributed by atoms with Gasteiger partial charge < -0.3 is 0 Å². The van der Waals surface area contributed by atoms with E-state index in [4.69, 9.17) is 0 Å². The average Bonchev–Trinajstić information content (AvgIpc) is 3.79. The molecule has 2 aliphatic rings. The molecule has 8 nitrogen and oxygen atoms in total. The molecule has 0 saturated heterocycles. The second kappa shape index (κ2) is 10.4. The highest BCUT2D eigenvalue weighted by Crippen LogP contribution is 2.37. The van der Waals surface area contributed by atoms with Crippen LogP contribution in [0.2, 0.25) is 0 Å². The van der Waals surface area contributed by atoms with Crippen LogP contribution in [0.25, 0.3) is 21.8 Å². The molecule has 0 unspecified atom stereocenters. The molecule has 0 aliphatic heterocycles. The van der Waals surface area contributed by atoms with Crippen LogP contribution >= 0.6 is 0 Å². The number of carbonyl (C=O) groups is 2. The highest BCUT2D eigenvalue weighted by molar-refractivity contribution is 7.90. The Bertz CT molecular complexity index is 2170. The van der Waals surface area contributed by atoms with Crippen LogP contribution in [0.3, 0.4) is 0 Å². The molecule has 2 aromatic heterocycles. The third kappa shape index (κ3) is 4.24. The van der Waals surface area contributed by atoms with E-state index in [-0.39, 0.29) is 21.4 Å². The van der Waals surface area contributed by atoms with Crippen LogP contribution in [0.5, 0.6) is 0 Å². The van der Waals surface area contributed by atoms with E-state index in [1.165, 1.54) is 7.94 Å². The average molecular weight is 623 g/mol. The summed E-state index contributed by atoms with van der Waals surface area (Å²) in [6.07, 6.45) is 1.68. The predicted molar refractivity (Wildman–Crippen MR) is 167 cm³/mol. The predicted octanol–water partition coefficient (Wildman–Crippen LogP) is 6.01. The third-order valence-electron chi connectivity index (χ3n) is 8.15. The molecule has 0 bridgehead atoms. The molecule has 220 valence electrons. The van der Waals surface area contributed by atoms with Crippen molar-refractivity contribution in [1.29, 1.82) is 0 Å². The summed E-state index contributed by atoms with van der Waals surface area (Å²) in [6.45, 7) is 0. The van der Waals surface area contributed by atoms with Gasteiger partial charge in [-0.2, -0.15) is 0 Å². The Morgan fingerprint density at radius 2 is 0.773 bits per heavy atom. The molecule has 2 heterocycles. The van der Waals surface area contributed by atoms with Gasteiger partial charge in [-0.25, -0.2) is 24.8 Å². The molecular formula is C34H26N2O6S2. The highest BCUT2D eigenvalue weighted by Gasteiger charge is 2.34. The fourth-order valence-electron chi connectivity index (χ4n) is 6.26. The molecule has 0 fully saturated rings. The lowest BCUT2D eigenvalue weighted by atomic mass is 10.1. The number of fused-ring (bicyclic) bond motifs is 6. The molecule has 0 N–H and O–H groups in total. The van der Waals surface area contributed by atoms with E-state index in [0.29, 0.717) is 59.2 Å². The zero-order valence-electron chi connectivity index (χ0n) is 23.4. The number of rotatable bonds is 4. The summed E-state index contributed by atoms with van der Waals surface area (Å²) in [7, 11) is -7.41. The summed E-state index contributed by atoms with van der Waals surface area (Å²) in [5, 5.41) is 1.44. The Morgan fingerprint density at radius 1 is 0.432 bits per heavy atom. The van der Waals surface area contributed by atoms with E-state index in [9.17, 15) is 26.4 Å². The number of benzene rings is 4. The first kappa shape index (κ1) is 28.0. The molecule has 0 spiro atoms. The second-order valence-electron chi connectivity index (χ2n) is 10.7. The van der Waals surface area contributed by atoms with Gasteiger partial charge >= 0.3 is 0 Å². The molecule has 4 aromatic carbocycles. The quantitative estimate of drug-likeness (QED) is 0.238. The van der Waals surface area contributed by atoms with Crippen molar-refractivity contribution in [3.63, 3.8) is 0 Å². The fraction of sp³-hybridized carbons (Fsp3) is 0.118. The number of ketones is 2. The number of para-hydroxylation sites is 2. The van der Waals surface area contributed by atoms with Crippen molar-refractivity contribution in [2.75, 3.05) is 0 Å². The second-order valence-corrected chi connectivity index (χ2v) is 14.3. The Kier molecular flexibility index (Phi) is 6.64. The lowest BCUT2D eigenvalue weighted by Crippen LogP contribution is -2.15. The van der Waals surface area contributed by atoms with Gasteiger partial charge in [0.1, 0.15) is 0 Å². The van der Waals surface area contributed by atoms with Crippen LogP contribution in [0, 0.1) is 0 Å². The summed E-state index contributed by atoms with van der Waals surface area (Å²) >= 11 is 0. The zero-order valence-corrected chi connectivity index (χ0v) is 25.0. The first-order valence-corrected chi connectivity index (χ1v) is 17.0. The minimum Gasteiger partial charge on any atom is -0.294 e. The number of Topliss-reactive ketones (excluding diaryl/α,β-unsaturated/α-hetero) is 2. The van der Waals surface area contributed by atoms with Gasteiger partial charge in [0.2, 0.25) is 0 Å². The van der Waals surface area contributed by atoms with E-state index in [1.807, 2.05) is 24.3 Å². The van der Waals surface area contributed by atoms with Gasteiger partial charge in [-0.3, -0.25) is 9.59 Å². The molecule has 6 aromatic rings. The summed E-state index contributed by atoms with van der Waals surface area (Å²) in [5.41, 5.74) is 3.49. The summed E-state index contributed by atoms with van der Waals surface area (Å²) in [6, 6.07) is 31.0. The number of aromatic nitrogens is 2. The van der Waals surface area contributed by atoms with Crippen molar-refractivity contribution in [2.45, 2.75) is 35.5 Å². The topological polar surface area (TPSA) is 112 Å². The van der Waals surface area contributed by atoms with E-state index in [1.54, 1.807) is 84.9 Å². The Hall–Kier alpha value is -4.80. The number of hydrogen-bond donors (Lipinski definition) is 0. The van der Waals surface area contributed by atoms with E-state index in [2.05, 4.69) is 0 Å². The smallest absolute Gasteiger partial charge is 0.268 e. The molecule has 0 radical (unpaired) electrons. The standard InChI is InChI=1S/2C17H13NO3S/c2*19-16-11-10-15-17(16)13-8-4-5-9-14(13)18(15)22(20,21)12-6-2-1-3-7-12/h2*1-9H,10-11H2. The normalized spacial score (nSPS) is 14.5. The summed E-state index contributed by atoms with van der Waals surface area (Å²) in [4.78, 5) is 24.8. The Labute approximate surface area is 254 Å². The van der Waals surface area contributed by atoms with Crippen molar-refractivity contribution in [2.24, 2.45) is 0 Å². The van der Waals surface area contributed by atoms with Gasteiger partial charge in [-0.1, -0.05) is 72.8 Å². The van der Waals surface area contributed by atoms with Gasteiger partial charge in [-0.05, 0) is 49.2 Å². The maximum absolute atomic E-state index is 13.0. The van der Waals surface area contributed by atoms with Crippen LogP contribution in [-0.2, 0) is 32.9 Å². The SMILES string of the molecule is O=C1CCc2c1c1ccccc1n2S(=O)(=O)c1ccccc1.O=C1CCc2c1c1ccccc1n2S(=O)(=O)c1ccccc1. The first-order valence-electron chi connectivity index (χ1n) is 14.1. The molecular weight excluding hydrogens is 597 g/mol. The lowest BCUT2D eigenvalue weighted by Gasteiger charge is -2.10. The van der Waals surface area contributed by atoms with Gasteiger partial charge in [0.05, 0.1) is 20.8 Å². The molecule has 0 atom stereocenters. The van der Waals surface area contributed by atoms with Crippen LogP contribution in [-0.4, -0.2) is 36.3 Å². The molecule has 44 heavy (non-hydrogen) atoms. The molecule has 8 rings (SSSR count). The van der Waals surface area contributed by atoms with Crippen molar-refractivity contribution >= 4 is 53.4 Å². The summed E-state index contributed by atoms with van der Waals surface area (Å²) in [5.74, 6) is 0.0430. The zero-order chi connectivity index (χ0) is 30.6. The largest absolute Gasteiger partial charge is 0.294 e. The van der Waals surface area contributed by atoms with Crippen molar-refractivity contribution < 1.29 is 26.4 Å². The van der Waals surface area contributed by atoms with Crippen LogP contribution in [0.1, 0.15) is 44.9 Å². The highest BCUT2D eigenvalue weighted by atomic mass is 32.2. The maximum Gasteiger partial charge on any atom is 0.268 e. The number of hydrogen-bond acceptors (Lipinski definition) is 6. The van der Waals surface area contributed by atoms with E-state index >= 15 is 0 Å². The minimum absolute atomic E-state index is 0.0215. The first-order chi connectivity index (χ1) is 21.2. The van der Waals surface area contributed by atoms with Crippen LogP contribution in [0.15, 0.2) is 119 Å². The van der Waals surface area contributed by atoms with E-state index in [0.717, 1.165) is 10.8 Å². The number of nitrogens with zero attached hydrogens (tertiary/aromatic N) is 2. The van der Waals surface area contributed by atoms with E-state index < -0.39 is 20.0 Å². The van der Waals surface area contributed by atoms with Gasteiger partial charge in [-0.15, -0.1) is 0 Å². The minimum atomic E-state index is -3.71. The number of carbonyl (C=O) groups excluding carboxylic acids is 2. The summed E-state index contributed by atoms with van der Waals surface area (Å²) < 4.78 is 54.8. The van der Waals surface area contributed by atoms with Crippen molar-refractivity contribution in [3.8, 4) is 0 Å². The van der Waals surface area contributed by atoms with Gasteiger partial charge in [0, 0.05) is 46.1 Å². The third-order valence-corrected chi connectivity index (χ3v) is 11.7. The van der Waals surface area contributed by atoms with Crippen molar-refractivity contribution in [3.05, 3.63) is 132 Å². The fourth-order valence-corrected chi connectivity index (χ4v) is 9.47. The molecule has 0 saturated carbocycles. The van der Waals surface area contributed by atoms with Gasteiger partial charge in [0.25, 0.3) is 20.0 Å². The van der Waals surface area contributed by atoms with Crippen LogP contribution < -0.4 is 0 Å². The molecule has 2 aliphatic carbocycles. The Balaban J connectivity index is 0.000000142. The van der Waals surface area contributed by atoms with Crippen LogP contribution in [0.4, 0.5) is 0 Å².